The van der Waals surface area contributed by atoms with Gasteiger partial charge in [-0.2, -0.15) is 0 Å². The number of morpholine rings is 1. The summed E-state index contributed by atoms with van der Waals surface area (Å²) in [6.45, 7) is 5.29. The molecule has 0 aromatic heterocycles. The molecular formula is C9H18N2O2. The molecule has 0 spiro atoms. The summed E-state index contributed by atoms with van der Waals surface area (Å²) in [5.41, 5.74) is 6.05. The Morgan fingerprint density at radius 2 is 1.85 bits per heavy atom. The monoisotopic (exact) mass is 186 g/mol. The van der Waals surface area contributed by atoms with Crippen LogP contribution in [0.1, 0.15) is 6.42 Å². The molecule has 0 unspecified atom stereocenters. The molecule has 0 bridgehead atoms. The topological polar surface area (TPSA) is 47.7 Å². The lowest BCUT2D eigenvalue weighted by molar-refractivity contribution is -0.0392. The first-order valence-corrected chi connectivity index (χ1v) is 5.03. The van der Waals surface area contributed by atoms with Gasteiger partial charge in [0.25, 0.3) is 0 Å². The third-order valence-electron chi connectivity index (χ3n) is 2.89. The van der Waals surface area contributed by atoms with Crippen molar-refractivity contribution in [3.8, 4) is 0 Å². The second-order valence-corrected chi connectivity index (χ2v) is 3.74. The van der Waals surface area contributed by atoms with Crippen LogP contribution in [0.3, 0.4) is 0 Å². The van der Waals surface area contributed by atoms with E-state index in [0.717, 1.165) is 45.9 Å². The van der Waals surface area contributed by atoms with E-state index in [-0.39, 0.29) is 6.04 Å². The summed E-state index contributed by atoms with van der Waals surface area (Å²) < 4.78 is 10.7. The van der Waals surface area contributed by atoms with Gasteiger partial charge in [-0.25, -0.2) is 0 Å². The van der Waals surface area contributed by atoms with E-state index in [0.29, 0.717) is 6.04 Å². The molecule has 2 aliphatic heterocycles. The Labute approximate surface area is 79.0 Å². The molecule has 2 aliphatic rings. The SMILES string of the molecule is N[C@@H]1CCOC[C@H]1N1CCOCC1. The van der Waals surface area contributed by atoms with Gasteiger partial charge < -0.3 is 15.2 Å². The van der Waals surface area contributed by atoms with Gasteiger partial charge >= 0.3 is 0 Å². The minimum absolute atomic E-state index is 0.284. The van der Waals surface area contributed by atoms with Crippen LogP contribution in [0.5, 0.6) is 0 Å². The van der Waals surface area contributed by atoms with Crippen LogP contribution in [0.15, 0.2) is 0 Å². The second-order valence-electron chi connectivity index (χ2n) is 3.74. The van der Waals surface area contributed by atoms with Gasteiger partial charge in [0.2, 0.25) is 0 Å². The Balaban J connectivity index is 1.88. The molecule has 2 atom stereocenters. The molecule has 2 N–H and O–H groups in total. The van der Waals surface area contributed by atoms with Crippen molar-refractivity contribution in [2.24, 2.45) is 5.73 Å². The highest BCUT2D eigenvalue weighted by Gasteiger charge is 2.29. The van der Waals surface area contributed by atoms with Gasteiger partial charge in [0.15, 0.2) is 0 Å². The molecule has 0 saturated carbocycles. The number of hydrogen-bond donors (Lipinski definition) is 1. The van der Waals surface area contributed by atoms with E-state index in [9.17, 15) is 0 Å². The summed E-state index contributed by atoms with van der Waals surface area (Å²) in [4.78, 5) is 2.40. The van der Waals surface area contributed by atoms with E-state index in [1.54, 1.807) is 0 Å². The highest BCUT2D eigenvalue weighted by Crippen LogP contribution is 2.13. The van der Waals surface area contributed by atoms with Gasteiger partial charge in [0.05, 0.1) is 19.8 Å². The van der Waals surface area contributed by atoms with Crippen LogP contribution in [0.2, 0.25) is 0 Å². The van der Waals surface area contributed by atoms with Crippen molar-refractivity contribution in [2.75, 3.05) is 39.5 Å². The van der Waals surface area contributed by atoms with Gasteiger partial charge in [0, 0.05) is 31.8 Å². The van der Waals surface area contributed by atoms with E-state index in [2.05, 4.69) is 4.90 Å². The molecule has 0 aliphatic carbocycles. The first kappa shape index (κ1) is 9.40. The number of nitrogens with zero attached hydrogens (tertiary/aromatic N) is 1. The Bertz CT molecular complexity index is 160. The molecule has 2 heterocycles. The van der Waals surface area contributed by atoms with Crippen LogP contribution >= 0.6 is 0 Å². The lowest BCUT2D eigenvalue weighted by Crippen LogP contribution is -2.56. The number of ether oxygens (including phenoxy) is 2. The van der Waals surface area contributed by atoms with E-state index >= 15 is 0 Å². The van der Waals surface area contributed by atoms with Crippen molar-refractivity contribution in [2.45, 2.75) is 18.5 Å². The fourth-order valence-corrected chi connectivity index (χ4v) is 2.02. The molecule has 0 aromatic rings. The molecule has 4 nitrogen and oxygen atoms in total. The second kappa shape index (κ2) is 4.37. The summed E-state index contributed by atoms with van der Waals surface area (Å²) in [6.07, 6.45) is 0.988. The van der Waals surface area contributed by atoms with Gasteiger partial charge in [-0.1, -0.05) is 0 Å². The predicted molar refractivity (Wildman–Crippen MR) is 49.6 cm³/mol. The van der Waals surface area contributed by atoms with Crippen LogP contribution in [0.4, 0.5) is 0 Å². The van der Waals surface area contributed by atoms with Crippen LogP contribution in [0.25, 0.3) is 0 Å². The molecule has 4 heteroatoms. The lowest BCUT2D eigenvalue weighted by Gasteiger charge is -2.39. The molecular weight excluding hydrogens is 168 g/mol. The summed E-state index contributed by atoms with van der Waals surface area (Å²) in [6, 6.07) is 0.699. The zero-order valence-corrected chi connectivity index (χ0v) is 7.95. The highest BCUT2D eigenvalue weighted by atomic mass is 16.5. The van der Waals surface area contributed by atoms with Crippen molar-refractivity contribution >= 4 is 0 Å². The van der Waals surface area contributed by atoms with E-state index in [1.807, 2.05) is 0 Å². The summed E-state index contributed by atoms with van der Waals surface area (Å²) >= 11 is 0. The van der Waals surface area contributed by atoms with Crippen LogP contribution < -0.4 is 5.73 Å². The van der Waals surface area contributed by atoms with Crippen LogP contribution in [0, 0.1) is 0 Å². The van der Waals surface area contributed by atoms with Crippen LogP contribution in [-0.4, -0.2) is 56.5 Å². The first-order valence-electron chi connectivity index (χ1n) is 5.03. The molecule has 76 valence electrons. The van der Waals surface area contributed by atoms with E-state index in [1.165, 1.54) is 0 Å². The zero-order valence-electron chi connectivity index (χ0n) is 7.95. The Hall–Kier alpha value is -0.160. The quantitative estimate of drug-likeness (QED) is 0.596. The Morgan fingerprint density at radius 3 is 2.54 bits per heavy atom. The fraction of sp³-hybridized carbons (Fsp3) is 1.00. The largest absolute Gasteiger partial charge is 0.380 e. The van der Waals surface area contributed by atoms with Crippen molar-refractivity contribution < 1.29 is 9.47 Å². The van der Waals surface area contributed by atoms with Crippen LogP contribution in [-0.2, 0) is 9.47 Å². The minimum atomic E-state index is 0.284. The normalized spacial score (nSPS) is 37.6. The van der Waals surface area contributed by atoms with Crippen molar-refractivity contribution in [1.29, 1.82) is 0 Å². The molecule has 2 saturated heterocycles. The summed E-state index contributed by atoms with van der Waals surface area (Å²) in [7, 11) is 0. The number of nitrogens with two attached hydrogens (primary N) is 1. The maximum absolute atomic E-state index is 6.05. The highest BCUT2D eigenvalue weighted by molar-refractivity contribution is 4.85. The number of rotatable bonds is 1. The van der Waals surface area contributed by atoms with E-state index < -0.39 is 0 Å². The average Bonchev–Trinajstić information content (AvgIpc) is 2.20. The lowest BCUT2D eigenvalue weighted by atomic mass is 10.0. The average molecular weight is 186 g/mol. The van der Waals surface area contributed by atoms with Gasteiger partial charge in [-0.05, 0) is 6.42 Å². The van der Waals surface area contributed by atoms with Gasteiger partial charge in [-0.15, -0.1) is 0 Å². The Morgan fingerprint density at radius 1 is 1.08 bits per heavy atom. The molecule has 2 fully saturated rings. The third kappa shape index (κ3) is 2.20. The molecule has 0 radical (unpaired) electrons. The molecule has 0 amide bonds. The maximum Gasteiger partial charge on any atom is 0.0636 e. The first-order chi connectivity index (χ1) is 6.38. The Kier molecular flexibility index (Phi) is 3.16. The molecule has 2 rings (SSSR count). The van der Waals surface area contributed by atoms with Crippen molar-refractivity contribution in [1.82, 2.24) is 4.90 Å². The van der Waals surface area contributed by atoms with E-state index in [4.69, 9.17) is 15.2 Å². The smallest absolute Gasteiger partial charge is 0.0636 e. The van der Waals surface area contributed by atoms with Crippen molar-refractivity contribution in [3.05, 3.63) is 0 Å². The third-order valence-corrected chi connectivity index (χ3v) is 2.89. The predicted octanol–water partition coefficient (Wildman–Crippen LogP) is -0.565. The summed E-state index contributed by atoms with van der Waals surface area (Å²) in [5, 5.41) is 0. The minimum Gasteiger partial charge on any atom is -0.380 e. The summed E-state index contributed by atoms with van der Waals surface area (Å²) in [5.74, 6) is 0. The van der Waals surface area contributed by atoms with Gasteiger partial charge in [-0.3, -0.25) is 4.90 Å². The zero-order chi connectivity index (χ0) is 9.10. The van der Waals surface area contributed by atoms with Crippen molar-refractivity contribution in [3.63, 3.8) is 0 Å². The van der Waals surface area contributed by atoms with Gasteiger partial charge in [0.1, 0.15) is 0 Å². The standard InChI is InChI=1S/C9H18N2O2/c10-8-1-4-13-7-9(8)11-2-5-12-6-3-11/h8-9H,1-7,10H2/t8-,9-/m1/s1. The maximum atomic E-state index is 6.05. The molecule has 13 heavy (non-hydrogen) atoms. The molecule has 0 aromatic carbocycles. The number of hydrogen-bond acceptors (Lipinski definition) is 4. The fourth-order valence-electron chi connectivity index (χ4n) is 2.02.